The van der Waals surface area contributed by atoms with Gasteiger partial charge in [0.2, 0.25) is 10.0 Å². The molecule has 0 saturated carbocycles. The van der Waals surface area contributed by atoms with Crippen molar-refractivity contribution in [1.29, 1.82) is 0 Å². The number of benzene rings is 1. The maximum atomic E-state index is 13.5. The first-order valence-corrected chi connectivity index (χ1v) is 7.82. The molecule has 0 radical (unpaired) electrons. The van der Waals surface area contributed by atoms with Gasteiger partial charge in [-0.1, -0.05) is 6.07 Å². The molecule has 1 aromatic carbocycles. The van der Waals surface area contributed by atoms with Gasteiger partial charge in [-0.05, 0) is 32.0 Å². The molecule has 1 atom stereocenters. The Bertz CT molecular complexity index is 500. The smallest absolute Gasteiger partial charge is 0.208 e. The van der Waals surface area contributed by atoms with Crippen LogP contribution in [0.4, 0.5) is 8.78 Å². The number of halogens is 2. The van der Waals surface area contributed by atoms with Gasteiger partial charge in [-0.2, -0.15) is 0 Å². The van der Waals surface area contributed by atoms with Crippen molar-refractivity contribution >= 4 is 10.0 Å². The highest BCUT2D eigenvalue weighted by Gasteiger charge is 2.14. The van der Waals surface area contributed by atoms with Crippen molar-refractivity contribution in [3.63, 3.8) is 0 Å². The summed E-state index contributed by atoms with van der Waals surface area (Å²) < 4.78 is 50.9. The first kappa shape index (κ1) is 16.0. The minimum Gasteiger partial charge on any atom is -0.310 e. The van der Waals surface area contributed by atoms with Crippen molar-refractivity contribution in [3.8, 4) is 0 Å². The van der Waals surface area contributed by atoms with Crippen LogP contribution < -0.4 is 10.0 Å². The van der Waals surface area contributed by atoms with Crippen LogP contribution in [0.3, 0.4) is 0 Å². The molecule has 19 heavy (non-hydrogen) atoms. The Morgan fingerprint density at radius 1 is 1.21 bits per heavy atom. The monoisotopic (exact) mass is 292 g/mol. The molecule has 108 valence electrons. The van der Waals surface area contributed by atoms with E-state index in [4.69, 9.17) is 0 Å². The molecule has 0 fully saturated rings. The van der Waals surface area contributed by atoms with Gasteiger partial charge in [0.25, 0.3) is 0 Å². The molecule has 7 heteroatoms. The van der Waals surface area contributed by atoms with E-state index in [1.54, 1.807) is 6.92 Å². The maximum absolute atomic E-state index is 13.5. The molecule has 4 nitrogen and oxygen atoms in total. The van der Waals surface area contributed by atoms with Crippen LogP contribution in [0.25, 0.3) is 0 Å². The third-order valence-electron chi connectivity index (χ3n) is 2.60. The quantitative estimate of drug-likeness (QED) is 0.750. The second-order valence-electron chi connectivity index (χ2n) is 4.33. The zero-order chi connectivity index (χ0) is 14.5. The lowest BCUT2D eigenvalue weighted by Gasteiger charge is -2.15. The Balaban J connectivity index is 2.42. The Kier molecular flexibility index (Phi) is 5.84. The summed E-state index contributed by atoms with van der Waals surface area (Å²) in [5.74, 6) is -1.18. The van der Waals surface area contributed by atoms with E-state index in [0.29, 0.717) is 13.0 Å². The van der Waals surface area contributed by atoms with Crippen LogP contribution in [-0.4, -0.2) is 27.8 Å². The number of hydrogen-bond donors (Lipinski definition) is 2. The van der Waals surface area contributed by atoms with E-state index in [9.17, 15) is 17.2 Å². The van der Waals surface area contributed by atoms with Crippen LogP contribution in [0.2, 0.25) is 0 Å². The molecule has 0 aliphatic carbocycles. The summed E-state index contributed by atoms with van der Waals surface area (Å²) in [6, 6.07) is 3.26. The zero-order valence-corrected chi connectivity index (χ0v) is 11.7. The molecule has 0 aromatic heterocycles. The van der Waals surface area contributed by atoms with E-state index in [1.807, 2.05) is 0 Å². The predicted molar refractivity (Wildman–Crippen MR) is 70.2 cm³/mol. The van der Waals surface area contributed by atoms with Crippen LogP contribution in [0.5, 0.6) is 0 Å². The normalized spacial score (nSPS) is 13.5. The second kappa shape index (κ2) is 6.93. The SMILES string of the molecule is CC(NCCCNS(C)(=O)=O)c1c(F)cccc1F. The fourth-order valence-corrected chi connectivity index (χ4v) is 2.21. The fraction of sp³-hybridized carbons (Fsp3) is 0.500. The second-order valence-corrected chi connectivity index (χ2v) is 6.16. The standard InChI is InChI=1S/C12H18F2N2O2S/c1-9(12-10(13)5-3-6-11(12)14)15-7-4-8-16-19(2,17)18/h3,5-6,9,15-16H,4,7-8H2,1-2H3. The maximum Gasteiger partial charge on any atom is 0.208 e. The summed E-state index contributed by atoms with van der Waals surface area (Å²) in [5.41, 5.74) is -0.00132. The third kappa shape index (κ3) is 5.63. The minimum atomic E-state index is -3.19. The van der Waals surface area contributed by atoms with Gasteiger partial charge in [0.1, 0.15) is 11.6 Å². The van der Waals surface area contributed by atoms with Crippen LogP contribution >= 0.6 is 0 Å². The van der Waals surface area contributed by atoms with Crippen LogP contribution in [0, 0.1) is 11.6 Å². The molecule has 0 saturated heterocycles. The Hall–Kier alpha value is -1.05. The predicted octanol–water partition coefficient (Wildman–Crippen LogP) is 1.55. The van der Waals surface area contributed by atoms with Crippen molar-refractivity contribution in [3.05, 3.63) is 35.4 Å². The highest BCUT2D eigenvalue weighted by atomic mass is 32.2. The van der Waals surface area contributed by atoms with E-state index >= 15 is 0 Å². The number of sulfonamides is 1. The summed E-state index contributed by atoms with van der Waals surface area (Å²) >= 11 is 0. The van der Waals surface area contributed by atoms with Gasteiger partial charge in [-0.3, -0.25) is 0 Å². The van der Waals surface area contributed by atoms with Crippen molar-refractivity contribution in [2.75, 3.05) is 19.3 Å². The Labute approximate surface area is 112 Å². The summed E-state index contributed by atoms with van der Waals surface area (Å²) in [6.07, 6.45) is 1.62. The number of rotatable bonds is 7. The highest BCUT2D eigenvalue weighted by Crippen LogP contribution is 2.19. The largest absolute Gasteiger partial charge is 0.310 e. The topological polar surface area (TPSA) is 58.2 Å². The molecule has 0 spiro atoms. The number of nitrogens with one attached hydrogen (secondary N) is 2. The van der Waals surface area contributed by atoms with Crippen molar-refractivity contribution in [1.82, 2.24) is 10.0 Å². The Morgan fingerprint density at radius 2 is 1.79 bits per heavy atom. The van der Waals surface area contributed by atoms with Crippen molar-refractivity contribution < 1.29 is 17.2 Å². The average Bonchev–Trinajstić information content (AvgIpc) is 2.26. The van der Waals surface area contributed by atoms with Crippen LogP contribution in [-0.2, 0) is 10.0 Å². The summed E-state index contributed by atoms with van der Waals surface area (Å²) in [4.78, 5) is 0. The van der Waals surface area contributed by atoms with Gasteiger partial charge in [0.05, 0.1) is 6.26 Å². The molecular weight excluding hydrogens is 274 g/mol. The molecule has 0 aliphatic rings. The van der Waals surface area contributed by atoms with E-state index < -0.39 is 27.7 Å². The summed E-state index contributed by atoms with van der Waals surface area (Å²) in [5, 5.41) is 2.95. The zero-order valence-electron chi connectivity index (χ0n) is 10.9. The molecule has 0 amide bonds. The van der Waals surface area contributed by atoms with E-state index in [-0.39, 0.29) is 12.1 Å². The third-order valence-corrected chi connectivity index (χ3v) is 3.33. The molecule has 2 N–H and O–H groups in total. The van der Waals surface area contributed by atoms with Gasteiger partial charge in [-0.25, -0.2) is 21.9 Å². The first-order valence-electron chi connectivity index (χ1n) is 5.93. The van der Waals surface area contributed by atoms with E-state index in [0.717, 1.165) is 6.26 Å². The molecule has 1 aromatic rings. The van der Waals surface area contributed by atoms with E-state index in [2.05, 4.69) is 10.0 Å². The van der Waals surface area contributed by atoms with Gasteiger partial charge < -0.3 is 5.32 Å². The summed E-state index contributed by atoms with van der Waals surface area (Å²) in [6.45, 7) is 2.40. The van der Waals surface area contributed by atoms with Crippen molar-refractivity contribution in [2.45, 2.75) is 19.4 Å². The minimum absolute atomic E-state index is 0.00132. The Morgan fingerprint density at radius 3 is 2.32 bits per heavy atom. The van der Waals surface area contributed by atoms with Crippen LogP contribution in [0.1, 0.15) is 24.9 Å². The lowest BCUT2D eigenvalue weighted by Crippen LogP contribution is -2.28. The molecule has 1 rings (SSSR count). The molecule has 1 unspecified atom stereocenters. The van der Waals surface area contributed by atoms with Crippen molar-refractivity contribution in [2.24, 2.45) is 0 Å². The molecule has 0 heterocycles. The van der Waals surface area contributed by atoms with Gasteiger partial charge in [0.15, 0.2) is 0 Å². The van der Waals surface area contributed by atoms with Gasteiger partial charge in [0, 0.05) is 18.2 Å². The number of hydrogen-bond acceptors (Lipinski definition) is 3. The van der Waals surface area contributed by atoms with Gasteiger partial charge in [-0.15, -0.1) is 0 Å². The highest BCUT2D eigenvalue weighted by molar-refractivity contribution is 7.88. The summed E-state index contributed by atoms with van der Waals surface area (Å²) in [7, 11) is -3.19. The van der Waals surface area contributed by atoms with Gasteiger partial charge >= 0.3 is 0 Å². The lowest BCUT2D eigenvalue weighted by molar-refractivity contribution is 0.483. The lowest BCUT2D eigenvalue weighted by atomic mass is 10.1. The average molecular weight is 292 g/mol. The molecular formula is C12H18F2N2O2S. The fourth-order valence-electron chi connectivity index (χ4n) is 1.69. The van der Waals surface area contributed by atoms with Crippen LogP contribution in [0.15, 0.2) is 18.2 Å². The molecule has 0 bridgehead atoms. The molecule has 0 aliphatic heterocycles. The van der Waals surface area contributed by atoms with E-state index in [1.165, 1.54) is 18.2 Å². The first-order chi connectivity index (χ1) is 8.81.